The first-order chi connectivity index (χ1) is 15.3. The monoisotopic (exact) mass is 465 g/mol. The average Bonchev–Trinajstić information content (AvgIpc) is 3.17. The van der Waals surface area contributed by atoms with Gasteiger partial charge in [0, 0.05) is 56.0 Å². The summed E-state index contributed by atoms with van der Waals surface area (Å²) in [5, 5.41) is 4.09. The van der Waals surface area contributed by atoms with E-state index in [1.54, 1.807) is 0 Å². The highest BCUT2D eigenvalue weighted by atomic mass is 35.5. The number of alkyl halides is 3. The second-order valence-electron chi connectivity index (χ2n) is 7.75. The maximum Gasteiger partial charge on any atom is 0.417 e. The molecular formula is C22H23ClF3N5O. The molecule has 32 heavy (non-hydrogen) atoms. The summed E-state index contributed by atoms with van der Waals surface area (Å²) in [7, 11) is 0. The van der Waals surface area contributed by atoms with E-state index in [2.05, 4.69) is 21.4 Å². The van der Waals surface area contributed by atoms with Crippen LogP contribution in [-0.2, 0) is 17.4 Å². The Morgan fingerprint density at radius 1 is 1.19 bits per heavy atom. The molecule has 4 rings (SSSR count). The van der Waals surface area contributed by atoms with Crippen LogP contribution in [0.5, 0.6) is 0 Å². The first-order valence-electron chi connectivity index (χ1n) is 10.3. The smallest absolute Gasteiger partial charge is 0.361 e. The number of halogens is 4. The van der Waals surface area contributed by atoms with Crippen molar-refractivity contribution in [3.63, 3.8) is 0 Å². The van der Waals surface area contributed by atoms with E-state index in [-0.39, 0.29) is 17.5 Å². The number of benzene rings is 1. The lowest BCUT2D eigenvalue weighted by atomic mass is 10.1. The van der Waals surface area contributed by atoms with Gasteiger partial charge in [-0.05, 0) is 24.1 Å². The van der Waals surface area contributed by atoms with Gasteiger partial charge in [-0.3, -0.25) is 9.69 Å². The second-order valence-corrected chi connectivity index (χ2v) is 8.16. The molecule has 0 unspecified atom stereocenters. The van der Waals surface area contributed by atoms with Gasteiger partial charge in [0.05, 0.1) is 17.1 Å². The molecule has 0 radical (unpaired) electrons. The molecule has 3 aromatic rings. The topological polar surface area (TPSA) is 64.3 Å². The van der Waals surface area contributed by atoms with Crippen LogP contribution in [0.2, 0.25) is 5.02 Å². The van der Waals surface area contributed by atoms with E-state index in [4.69, 9.17) is 11.6 Å². The summed E-state index contributed by atoms with van der Waals surface area (Å²) in [6.07, 6.45) is -0.970. The van der Waals surface area contributed by atoms with Crippen LogP contribution >= 0.6 is 11.6 Å². The van der Waals surface area contributed by atoms with E-state index in [1.807, 2.05) is 34.2 Å². The molecule has 6 nitrogen and oxygen atoms in total. The highest BCUT2D eigenvalue weighted by Gasteiger charge is 2.32. The molecule has 1 saturated heterocycles. The normalized spacial score (nSPS) is 15.3. The molecule has 0 bridgehead atoms. The average molecular weight is 466 g/mol. The predicted octanol–water partition coefficient (Wildman–Crippen LogP) is 3.72. The van der Waals surface area contributed by atoms with E-state index in [0.29, 0.717) is 38.5 Å². The van der Waals surface area contributed by atoms with Crippen LogP contribution in [0, 0.1) is 0 Å². The summed E-state index contributed by atoms with van der Waals surface area (Å²) < 4.78 is 38.4. The molecule has 2 N–H and O–H groups in total. The van der Waals surface area contributed by atoms with E-state index < -0.39 is 11.7 Å². The molecule has 2 aromatic heterocycles. The number of nitrogens with zero attached hydrogens (tertiary/aromatic N) is 3. The van der Waals surface area contributed by atoms with Crippen molar-refractivity contribution in [1.29, 1.82) is 0 Å². The molecular weight excluding hydrogens is 443 g/mol. The maximum absolute atomic E-state index is 12.8. The van der Waals surface area contributed by atoms with Crippen molar-refractivity contribution in [2.24, 2.45) is 0 Å². The Bertz CT molecular complexity index is 1090. The number of hydrogen-bond donors (Lipinski definition) is 2. The van der Waals surface area contributed by atoms with Gasteiger partial charge in [0.1, 0.15) is 5.82 Å². The number of rotatable bonds is 6. The molecule has 3 heterocycles. The van der Waals surface area contributed by atoms with Crippen LogP contribution in [0.3, 0.4) is 0 Å². The number of para-hydroxylation sites is 1. The van der Waals surface area contributed by atoms with Gasteiger partial charge in [-0.1, -0.05) is 29.8 Å². The molecule has 1 fully saturated rings. The maximum atomic E-state index is 12.8. The van der Waals surface area contributed by atoms with Gasteiger partial charge in [-0.2, -0.15) is 13.2 Å². The third-order valence-electron chi connectivity index (χ3n) is 5.58. The fourth-order valence-electron chi connectivity index (χ4n) is 3.87. The first-order valence-corrected chi connectivity index (χ1v) is 10.7. The summed E-state index contributed by atoms with van der Waals surface area (Å²) >= 11 is 6.04. The molecule has 1 aliphatic rings. The summed E-state index contributed by atoms with van der Waals surface area (Å²) in [4.78, 5) is 23.3. The minimum absolute atomic E-state index is 0.0247. The zero-order valence-corrected chi connectivity index (χ0v) is 18.0. The van der Waals surface area contributed by atoms with Crippen LogP contribution in [0.1, 0.15) is 11.1 Å². The number of fused-ring (bicyclic) bond motifs is 1. The fourth-order valence-corrected chi connectivity index (χ4v) is 4.16. The largest absolute Gasteiger partial charge is 0.417 e. The number of aromatic nitrogens is 2. The second kappa shape index (κ2) is 9.38. The Balaban J connectivity index is 1.23. The van der Waals surface area contributed by atoms with Gasteiger partial charge in [-0.25, -0.2) is 4.98 Å². The molecule has 0 aliphatic carbocycles. The summed E-state index contributed by atoms with van der Waals surface area (Å²) in [5.41, 5.74) is 1.37. The highest BCUT2D eigenvalue weighted by molar-refractivity contribution is 6.33. The standard InChI is InChI=1S/C22H23ClF3N5O/c23-18-11-16(22(24,25)26)13-29-21(18)31-9-7-30(8-10-31)14-20(32)27-6-5-15-12-28-19-4-2-1-3-17(15)19/h1-4,11-13,28H,5-10,14H2,(H,27,32). The molecule has 1 aromatic carbocycles. The number of anilines is 1. The summed E-state index contributed by atoms with van der Waals surface area (Å²) in [6, 6.07) is 8.94. The van der Waals surface area contributed by atoms with Gasteiger partial charge >= 0.3 is 6.18 Å². The van der Waals surface area contributed by atoms with Crippen LogP contribution < -0.4 is 10.2 Å². The molecule has 10 heteroatoms. The molecule has 1 amide bonds. The number of aromatic amines is 1. The molecule has 0 atom stereocenters. The minimum atomic E-state index is -4.48. The third-order valence-corrected chi connectivity index (χ3v) is 5.86. The Morgan fingerprint density at radius 3 is 2.66 bits per heavy atom. The van der Waals surface area contributed by atoms with E-state index in [9.17, 15) is 18.0 Å². The van der Waals surface area contributed by atoms with Crippen LogP contribution in [0.25, 0.3) is 10.9 Å². The van der Waals surface area contributed by atoms with E-state index in [1.165, 1.54) is 0 Å². The lowest BCUT2D eigenvalue weighted by Crippen LogP contribution is -2.50. The van der Waals surface area contributed by atoms with Crippen molar-refractivity contribution >= 4 is 34.2 Å². The molecule has 0 saturated carbocycles. The number of hydrogen-bond acceptors (Lipinski definition) is 4. The Labute approximate surface area is 188 Å². The SMILES string of the molecule is O=C(CN1CCN(c2ncc(C(F)(F)F)cc2Cl)CC1)NCCc1c[nH]c2ccccc12. The van der Waals surface area contributed by atoms with E-state index >= 15 is 0 Å². The lowest BCUT2D eigenvalue weighted by Gasteiger charge is -2.35. The van der Waals surface area contributed by atoms with E-state index in [0.717, 1.165) is 35.2 Å². The summed E-state index contributed by atoms with van der Waals surface area (Å²) in [5.74, 6) is 0.284. The Hall–Kier alpha value is -2.78. The Morgan fingerprint density at radius 2 is 1.94 bits per heavy atom. The van der Waals surface area contributed by atoms with Crippen LogP contribution in [0.15, 0.2) is 42.7 Å². The highest BCUT2D eigenvalue weighted by Crippen LogP contribution is 2.33. The fraction of sp³-hybridized carbons (Fsp3) is 0.364. The number of H-pyrrole nitrogens is 1. The number of nitrogens with one attached hydrogen (secondary N) is 2. The van der Waals surface area contributed by atoms with Crippen LogP contribution in [-0.4, -0.2) is 60.0 Å². The van der Waals surface area contributed by atoms with Gasteiger partial charge in [0.2, 0.25) is 5.91 Å². The number of piperazine rings is 1. The van der Waals surface area contributed by atoms with Crippen molar-refractivity contribution in [1.82, 2.24) is 20.2 Å². The van der Waals surface area contributed by atoms with Crippen molar-refractivity contribution in [2.45, 2.75) is 12.6 Å². The molecule has 0 spiro atoms. The van der Waals surface area contributed by atoms with Crippen molar-refractivity contribution in [3.05, 3.63) is 58.9 Å². The first kappa shape index (κ1) is 22.4. The number of carbonyl (C=O) groups excluding carboxylic acids is 1. The number of pyridine rings is 1. The zero-order chi connectivity index (χ0) is 22.7. The van der Waals surface area contributed by atoms with Gasteiger partial charge < -0.3 is 15.2 Å². The molecule has 170 valence electrons. The summed E-state index contributed by atoms with van der Waals surface area (Å²) in [6.45, 7) is 3.06. The lowest BCUT2D eigenvalue weighted by molar-refractivity contribution is -0.137. The van der Waals surface area contributed by atoms with Gasteiger partial charge in [0.25, 0.3) is 0 Å². The molecule has 1 aliphatic heterocycles. The van der Waals surface area contributed by atoms with Crippen molar-refractivity contribution in [2.75, 3.05) is 44.2 Å². The van der Waals surface area contributed by atoms with Gasteiger partial charge in [0.15, 0.2) is 0 Å². The quantitative estimate of drug-likeness (QED) is 0.582. The number of amides is 1. The van der Waals surface area contributed by atoms with Crippen LogP contribution in [0.4, 0.5) is 19.0 Å². The van der Waals surface area contributed by atoms with Crippen molar-refractivity contribution < 1.29 is 18.0 Å². The Kier molecular flexibility index (Phi) is 6.57. The van der Waals surface area contributed by atoms with Gasteiger partial charge in [-0.15, -0.1) is 0 Å². The van der Waals surface area contributed by atoms with Crippen molar-refractivity contribution in [3.8, 4) is 0 Å². The third kappa shape index (κ3) is 5.16. The number of carbonyl (C=O) groups is 1. The predicted molar refractivity (Wildman–Crippen MR) is 118 cm³/mol. The zero-order valence-electron chi connectivity index (χ0n) is 17.3. The minimum Gasteiger partial charge on any atom is -0.361 e.